The van der Waals surface area contributed by atoms with E-state index in [9.17, 15) is 0 Å². The molecule has 0 bridgehead atoms. The van der Waals surface area contributed by atoms with Crippen LogP contribution in [0.3, 0.4) is 0 Å². The van der Waals surface area contributed by atoms with Crippen molar-refractivity contribution in [2.45, 2.75) is 31.9 Å². The number of hydrogen-bond donors (Lipinski definition) is 1. The number of rotatable bonds is 3. The molecule has 2 heterocycles. The van der Waals surface area contributed by atoms with Crippen LogP contribution in [0.5, 0.6) is 11.5 Å². The van der Waals surface area contributed by atoms with Crippen molar-refractivity contribution < 1.29 is 9.47 Å². The average molecular weight is 276 g/mol. The van der Waals surface area contributed by atoms with Gasteiger partial charge in [0.2, 0.25) is 0 Å². The summed E-state index contributed by atoms with van der Waals surface area (Å²) in [4.78, 5) is 2.47. The van der Waals surface area contributed by atoms with Gasteiger partial charge in [0.25, 0.3) is 0 Å². The fraction of sp³-hybridized carbons (Fsp3) is 0.625. The van der Waals surface area contributed by atoms with Gasteiger partial charge in [0.1, 0.15) is 12.7 Å². The molecular weight excluding hydrogens is 252 g/mol. The summed E-state index contributed by atoms with van der Waals surface area (Å²) in [5.74, 6) is 2.33. The molecule has 4 heteroatoms. The molecule has 20 heavy (non-hydrogen) atoms. The monoisotopic (exact) mass is 276 g/mol. The lowest BCUT2D eigenvalue weighted by atomic mass is 9.90. The number of benzene rings is 1. The van der Waals surface area contributed by atoms with Crippen molar-refractivity contribution in [3.05, 3.63) is 24.3 Å². The Morgan fingerprint density at radius 2 is 2.10 bits per heavy atom. The second-order valence-electron chi connectivity index (χ2n) is 5.88. The molecule has 0 aromatic heterocycles. The number of fused-ring (bicyclic) bond motifs is 1. The molecular formula is C16H24N2O2. The number of nitrogens with two attached hydrogens (primary N) is 1. The molecule has 1 saturated heterocycles. The SMILES string of the molecule is CCC1CN(CC2COc3ccccc3O2)CCC1N. The standard InChI is InChI=1S/C16H24N2O2/c1-2-12-9-18(8-7-14(12)17)10-13-11-19-15-5-3-4-6-16(15)20-13/h3-6,12-14H,2,7-11,17H2,1H3. The van der Waals surface area contributed by atoms with E-state index < -0.39 is 0 Å². The van der Waals surface area contributed by atoms with Gasteiger partial charge in [-0.3, -0.25) is 4.90 Å². The predicted octanol–water partition coefficient (Wildman–Crippen LogP) is 1.89. The van der Waals surface area contributed by atoms with E-state index in [1.54, 1.807) is 0 Å². The lowest BCUT2D eigenvalue weighted by molar-refractivity contribution is 0.0413. The smallest absolute Gasteiger partial charge is 0.161 e. The van der Waals surface area contributed by atoms with Gasteiger partial charge in [0, 0.05) is 19.1 Å². The Morgan fingerprint density at radius 3 is 2.90 bits per heavy atom. The summed E-state index contributed by atoms with van der Waals surface area (Å²) in [6, 6.07) is 8.25. The molecule has 2 aliphatic rings. The minimum Gasteiger partial charge on any atom is -0.486 e. The number of ether oxygens (including phenoxy) is 2. The van der Waals surface area contributed by atoms with E-state index in [0.717, 1.165) is 44.0 Å². The molecule has 0 amide bonds. The van der Waals surface area contributed by atoms with Gasteiger partial charge in [-0.1, -0.05) is 25.5 Å². The summed E-state index contributed by atoms with van der Waals surface area (Å²) in [5.41, 5.74) is 6.17. The number of piperidine rings is 1. The van der Waals surface area contributed by atoms with Crippen molar-refractivity contribution >= 4 is 0 Å². The lowest BCUT2D eigenvalue weighted by Gasteiger charge is -2.38. The molecule has 2 aliphatic heterocycles. The summed E-state index contributed by atoms with van der Waals surface area (Å²) < 4.78 is 11.8. The van der Waals surface area contributed by atoms with Crippen molar-refractivity contribution in [3.63, 3.8) is 0 Å². The Morgan fingerprint density at radius 1 is 1.30 bits per heavy atom. The number of likely N-dealkylation sites (tertiary alicyclic amines) is 1. The Balaban J connectivity index is 1.57. The van der Waals surface area contributed by atoms with Gasteiger partial charge in [-0.05, 0) is 31.0 Å². The van der Waals surface area contributed by atoms with E-state index in [-0.39, 0.29) is 6.10 Å². The molecule has 1 aromatic rings. The zero-order valence-corrected chi connectivity index (χ0v) is 12.1. The highest BCUT2D eigenvalue weighted by Crippen LogP contribution is 2.31. The van der Waals surface area contributed by atoms with Crippen molar-refractivity contribution in [3.8, 4) is 11.5 Å². The van der Waals surface area contributed by atoms with E-state index in [2.05, 4.69) is 11.8 Å². The van der Waals surface area contributed by atoms with E-state index in [1.807, 2.05) is 24.3 Å². The first-order chi connectivity index (χ1) is 9.76. The molecule has 1 aromatic carbocycles. The second-order valence-corrected chi connectivity index (χ2v) is 5.88. The zero-order chi connectivity index (χ0) is 13.9. The highest BCUT2D eigenvalue weighted by molar-refractivity contribution is 5.40. The molecule has 3 atom stereocenters. The third kappa shape index (κ3) is 2.91. The molecule has 0 aliphatic carbocycles. The molecule has 0 radical (unpaired) electrons. The van der Waals surface area contributed by atoms with Crippen molar-refractivity contribution in [2.24, 2.45) is 11.7 Å². The van der Waals surface area contributed by atoms with Gasteiger partial charge in [-0.2, -0.15) is 0 Å². The van der Waals surface area contributed by atoms with Crippen LogP contribution in [-0.4, -0.2) is 43.3 Å². The quantitative estimate of drug-likeness (QED) is 0.916. The fourth-order valence-corrected chi connectivity index (χ4v) is 3.16. The third-order valence-corrected chi connectivity index (χ3v) is 4.43. The zero-order valence-electron chi connectivity index (χ0n) is 12.1. The van der Waals surface area contributed by atoms with Crippen LogP contribution < -0.4 is 15.2 Å². The molecule has 0 spiro atoms. The van der Waals surface area contributed by atoms with E-state index in [4.69, 9.17) is 15.2 Å². The van der Waals surface area contributed by atoms with Crippen LogP contribution in [0, 0.1) is 5.92 Å². The minimum atomic E-state index is 0.122. The Bertz CT molecular complexity index is 452. The van der Waals surface area contributed by atoms with Crippen molar-refractivity contribution in [1.29, 1.82) is 0 Å². The summed E-state index contributed by atoms with van der Waals surface area (Å²) in [6.07, 6.45) is 2.36. The largest absolute Gasteiger partial charge is 0.486 e. The topological polar surface area (TPSA) is 47.7 Å². The van der Waals surface area contributed by atoms with Gasteiger partial charge < -0.3 is 15.2 Å². The van der Waals surface area contributed by atoms with Crippen LogP contribution in [0.1, 0.15) is 19.8 Å². The van der Waals surface area contributed by atoms with Crippen molar-refractivity contribution in [1.82, 2.24) is 4.90 Å². The van der Waals surface area contributed by atoms with E-state index in [1.165, 1.54) is 0 Å². The van der Waals surface area contributed by atoms with E-state index in [0.29, 0.717) is 18.6 Å². The fourth-order valence-electron chi connectivity index (χ4n) is 3.16. The Labute approximate surface area is 120 Å². The molecule has 3 unspecified atom stereocenters. The maximum atomic E-state index is 6.17. The Kier molecular flexibility index (Phi) is 4.13. The third-order valence-electron chi connectivity index (χ3n) is 4.43. The van der Waals surface area contributed by atoms with Crippen LogP contribution in [-0.2, 0) is 0 Å². The van der Waals surface area contributed by atoms with Crippen LogP contribution in [0.4, 0.5) is 0 Å². The van der Waals surface area contributed by atoms with Gasteiger partial charge >= 0.3 is 0 Å². The summed E-state index contributed by atoms with van der Waals surface area (Å²) in [7, 11) is 0. The van der Waals surface area contributed by atoms with Crippen LogP contribution in [0.2, 0.25) is 0 Å². The molecule has 3 rings (SSSR count). The number of hydrogen-bond acceptors (Lipinski definition) is 4. The van der Waals surface area contributed by atoms with Gasteiger partial charge in [0.15, 0.2) is 11.5 Å². The average Bonchev–Trinajstić information content (AvgIpc) is 2.49. The Hall–Kier alpha value is -1.26. The first kappa shape index (κ1) is 13.7. The minimum absolute atomic E-state index is 0.122. The second kappa shape index (κ2) is 6.02. The first-order valence-electron chi connectivity index (χ1n) is 7.62. The van der Waals surface area contributed by atoms with E-state index >= 15 is 0 Å². The number of nitrogens with zero attached hydrogens (tertiary/aromatic N) is 1. The van der Waals surface area contributed by atoms with Crippen molar-refractivity contribution in [2.75, 3.05) is 26.2 Å². The molecule has 0 saturated carbocycles. The maximum absolute atomic E-state index is 6.17. The van der Waals surface area contributed by atoms with Gasteiger partial charge in [-0.25, -0.2) is 0 Å². The predicted molar refractivity (Wildman–Crippen MR) is 79.2 cm³/mol. The summed E-state index contributed by atoms with van der Waals surface area (Å²) >= 11 is 0. The van der Waals surface area contributed by atoms with Gasteiger partial charge in [-0.15, -0.1) is 0 Å². The first-order valence-corrected chi connectivity index (χ1v) is 7.62. The summed E-state index contributed by atoms with van der Waals surface area (Å²) in [5, 5.41) is 0. The van der Waals surface area contributed by atoms with Crippen LogP contribution in [0.15, 0.2) is 24.3 Å². The molecule has 2 N–H and O–H groups in total. The highest BCUT2D eigenvalue weighted by Gasteiger charge is 2.29. The normalized spacial score (nSPS) is 30.2. The highest BCUT2D eigenvalue weighted by atomic mass is 16.6. The summed E-state index contributed by atoms with van der Waals surface area (Å²) in [6.45, 7) is 5.94. The molecule has 4 nitrogen and oxygen atoms in total. The molecule has 1 fully saturated rings. The maximum Gasteiger partial charge on any atom is 0.161 e. The van der Waals surface area contributed by atoms with Crippen LogP contribution >= 0.6 is 0 Å². The lowest BCUT2D eigenvalue weighted by Crippen LogP contribution is -2.50. The van der Waals surface area contributed by atoms with Gasteiger partial charge in [0.05, 0.1) is 0 Å². The number of para-hydroxylation sites is 2. The molecule has 110 valence electrons. The van der Waals surface area contributed by atoms with Crippen LogP contribution in [0.25, 0.3) is 0 Å².